The number of anilines is 1. The number of hydrogen-bond acceptors (Lipinski definition) is 3. The van der Waals surface area contributed by atoms with Crippen molar-refractivity contribution in [1.82, 2.24) is 4.90 Å². The molecule has 1 heterocycles. The Bertz CT molecular complexity index is 830. The molecule has 2 aromatic carbocycles. The fourth-order valence-electron chi connectivity index (χ4n) is 2.94. The van der Waals surface area contributed by atoms with Crippen LogP contribution in [0.25, 0.3) is 6.08 Å². The molecule has 2 aromatic rings. The highest BCUT2D eigenvalue weighted by Crippen LogP contribution is 2.26. The number of carbonyl (C=O) groups excluding carboxylic acids is 1. The smallest absolute Gasteiger partial charge is 0.328 e. The molecule has 0 spiro atoms. The molecular formula is C20H20N2O4. The number of carbonyl (C=O) groups is 2. The number of rotatable bonds is 6. The first-order chi connectivity index (χ1) is 12.6. The first kappa shape index (κ1) is 17.5. The summed E-state index contributed by atoms with van der Waals surface area (Å²) in [6.45, 7) is 1.70. The molecule has 1 fully saturated rings. The normalized spacial score (nSPS) is 14.3. The molecule has 1 N–H and O–H groups in total. The van der Waals surface area contributed by atoms with Crippen molar-refractivity contribution in [3.63, 3.8) is 0 Å². The third-order valence-electron chi connectivity index (χ3n) is 4.26. The van der Waals surface area contributed by atoms with Gasteiger partial charge in [0.1, 0.15) is 5.75 Å². The molecule has 6 nitrogen and oxygen atoms in total. The number of ether oxygens (including phenoxy) is 1. The van der Waals surface area contributed by atoms with Crippen LogP contribution in [0.4, 0.5) is 10.5 Å². The van der Waals surface area contributed by atoms with Crippen LogP contribution in [0.15, 0.2) is 54.6 Å². The number of benzene rings is 2. The lowest BCUT2D eigenvalue weighted by molar-refractivity contribution is -0.131. The van der Waals surface area contributed by atoms with Gasteiger partial charge in [-0.3, -0.25) is 4.90 Å². The fourth-order valence-corrected chi connectivity index (χ4v) is 2.94. The van der Waals surface area contributed by atoms with Crippen molar-refractivity contribution in [2.24, 2.45) is 0 Å². The molecule has 0 atom stereocenters. The van der Waals surface area contributed by atoms with Crippen molar-refractivity contribution in [2.45, 2.75) is 6.54 Å². The van der Waals surface area contributed by atoms with Crippen molar-refractivity contribution in [3.05, 3.63) is 65.7 Å². The van der Waals surface area contributed by atoms with Gasteiger partial charge in [-0.25, -0.2) is 9.59 Å². The number of carboxylic acid groups (broad SMARTS) is 1. The van der Waals surface area contributed by atoms with E-state index in [1.807, 2.05) is 42.5 Å². The van der Waals surface area contributed by atoms with E-state index in [1.54, 1.807) is 23.0 Å². The van der Waals surface area contributed by atoms with Crippen molar-refractivity contribution < 1.29 is 19.4 Å². The first-order valence-electron chi connectivity index (χ1n) is 8.28. The van der Waals surface area contributed by atoms with Gasteiger partial charge in [-0.2, -0.15) is 0 Å². The molecule has 0 saturated carbocycles. The number of carboxylic acids is 1. The number of para-hydroxylation sites is 1. The van der Waals surface area contributed by atoms with Crippen LogP contribution < -0.4 is 9.64 Å². The Kier molecular flexibility index (Phi) is 5.22. The average molecular weight is 352 g/mol. The highest BCUT2D eigenvalue weighted by Gasteiger charge is 2.30. The van der Waals surface area contributed by atoms with Gasteiger partial charge in [0.05, 0.1) is 12.8 Å². The van der Waals surface area contributed by atoms with Crippen LogP contribution in [-0.2, 0) is 11.3 Å². The summed E-state index contributed by atoms with van der Waals surface area (Å²) in [6.07, 6.45) is 2.59. The Balaban J connectivity index is 1.76. The molecule has 0 radical (unpaired) electrons. The zero-order valence-electron chi connectivity index (χ0n) is 14.5. The lowest BCUT2D eigenvalue weighted by atomic mass is 10.1. The largest absolute Gasteiger partial charge is 0.497 e. The van der Waals surface area contributed by atoms with Crippen LogP contribution in [0.2, 0.25) is 0 Å². The summed E-state index contributed by atoms with van der Waals surface area (Å²) in [4.78, 5) is 27.1. The van der Waals surface area contributed by atoms with Crippen LogP contribution in [0, 0.1) is 0 Å². The Labute approximate surface area is 151 Å². The van der Waals surface area contributed by atoms with E-state index < -0.39 is 5.97 Å². The summed E-state index contributed by atoms with van der Waals surface area (Å²) in [7, 11) is 1.62. The minimum Gasteiger partial charge on any atom is -0.497 e. The molecule has 6 heteroatoms. The summed E-state index contributed by atoms with van der Waals surface area (Å²) < 4.78 is 5.15. The van der Waals surface area contributed by atoms with Gasteiger partial charge in [-0.05, 0) is 35.4 Å². The number of urea groups is 1. The van der Waals surface area contributed by atoms with Crippen molar-refractivity contribution in [2.75, 3.05) is 25.1 Å². The quantitative estimate of drug-likeness (QED) is 0.811. The fraction of sp³-hybridized carbons (Fsp3) is 0.200. The highest BCUT2D eigenvalue weighted by atomic mass is 16.5. The monoisotopic (exact) mass is 352 g/mol. The van der Waals surface area contributed by atoms with E-state index in [0.717, 1.165) is 17.4 Å². The minimum absolute atomic E-state index is 0.0861. The summed E-state index contributed by atoms with van der Waals surface area (Å²) in [5, 5.41) is 8.84. The van der Waals surface area contributed by atoms with Gasteiger partial charge >= 0.3 is 12.0 Å². The Hall–Kier alpha value is -3.28. The van der Waals surface area contributed by atoms with E-state index in [1.165, 1.54) is 6.08 Å². The van der Waals surface area contributed by atoms with Gasteiger partial charge in [0.25, 0.3) is 0 Å². The summed E-state index contributed by atoms with van der Waals surface area (Å²) in [6, 6.07) is 14.8. The number of methoxy groups -OCH3 is 1. The Morgan fingerprint density at radius 3 is 2.58 bits per heavy atom. The minimum atomic E-state index is -1.02. The zero-order chi connectivity index (χ0) is 18.5. The third-order valence-corrected chi connectivity index (χ3v) is 4.26. The van der Waals surface area contributed by atoms with Gasteiger partial charge in [0, 0.05) is 25.7 Å². The van der Waals surface area contributed by atoms with Gasteiger partial charge < -0.3 is 14.7 Å². The summed E-state index contributed by atoms with van der Waals surface area (Å²) in [5.41, 5.74) is 2.45. The second kappa shape index (κ2) is 7.74. The number of aliphatic carboxylic acids is 1. The van der Waals surface area contributed by atoms with Crippen LogP contribution in [0.3, 0.4) is 0 Å². The molecule has 0 aliphatic carbocycles. The molecule has 0 bridgehead atoms. The van der Waals surface area contributed by atoms with E-state index in [-0.39, 0.29) is 6.03 Å². The molecule has 2 amide bonds. The van der Waals surface area contributed by atoms with Crippen LogP contribution in [0.5, 0.6) is 5.75 Å². The van der Waals surface area contributed by atoms with Crippen LogP contribution in [0.1, 0.15) is 11.1 Å². The molecule has 1 aliphatic heterocycles. The van der Waals surface area contributed by atoms with Crippen LogP contribution in [-0.4, -0.2) is 42.2 Å². The first-order valence-corrected chi connectivity index (χ1v) is 8.28. The van der Waals surface area contributed by atoms with Crippen LogP contribution >= 0.6 is 0 Å². The Morgan fingerprint density at radius 1 is 1.15 bits per heavy atom. The third kappa shape index (κ3) is 3.85. The SMILES string of the molecule is COc1ccc(CN2CCN(c3ccccc3C=CC(=O)O)C2=O)cc1. The van der Waals surface area contributed by atoms with E-state index >= 15 is 0 Å². The van der Waals surface area contributed by atoms with Gasteiger partial charge in [-0.1, -0.05) is 30.3 Å². The molecule has 0 unspecified atom stereocenters. The topological polar surface area (TPSA) is 70.1 Å². The number of hydrogen-bond donors (Lipinski definition) is 1. The average Bonchev–Trinajstić information content (AvgIpc) is 3.01. The van der Waals surface area contributed by atoms with E-state index in [9.17, 15) is 9.59 Å². The molecule has 0 aromatic heterocycles. The maximum absolute atomic E-state index is 12.8. The molecule has 134 valence electrons. The maximum atomic E-state index is 12.8. The summed E-state index contributed by atoms with van der Waals surface area (Å²) >= 11 is 0. The van der Waals surface area contributed by atoms with E-state index in [2.05, 4.69) is 0 Å². The highest BCUT2D eigenvalue weighted by molar-refractivity contribution is 5.97. The van der Waals surface area contributed by atoms with Gasteiger partial charge in [0.2, 0.25) is 0 Å². The maximum Gasteiger partial charge on any atom is 0.328 e. The zero-order valence-corrected chi connectivity index (χ0v) is 14.5. The number of amides is 2. The standard InChI is InChI=1S/C20H20N2O4/c1-26-17-9-6-15(7-10-17)14-21-12-13-22(20(21)25)18-5-3-2-4-16(18)8-11-19(23)24/h2-11H,12-14H2,1H3,(H,23,24). The van der Waals surface area contributed by atoms with E-state index in [0.29, 0.717) is 30.9 Å². The molecule has 1 saturated heterocycles. The van der Waals surface area contributed by atoms with Crippen molar-refractivity contribution in [3.8, 4) is 5.75 Å². The second-order valence-corrected chi connectivity index (χ2v) is 5.93. The Morgan fingerprint density at radius 2 is 1.88 bits per heavy atom. The molecule has 26 heavy (non-hydrogen) atoms. The summed E-state index contributed by atoms with van der Waals surface area (Å²) in [5.74, 6) is -0.240. The predicted molar refractivity (Wildman–Crippen MR) is 99.3 cm³/mol. The predicted octanol–water partition coefficient (Wildman–Crippen LogP) is 3.24. The molecule has 3 rings (SSSR count). The van der Waals surface area contributed by atoms with E-state index in [4.69, 9.17) is 9.84 Å². The lowest BCUT2D eigenvalue weighted by Gasteiger charge is -2.20. The number of nitrogens with zero attached hydrogens (tertiary/aromatic N) is 2. The van der Waals surface area contributed by atoms with Crippen molar-refractivity contribution >= 4 is 23.8 Å². The van der Waals surface area contributed by atoms with Gasteiger partial charge in [0.15, 0.2) is 0 Å². The van der Waals surface area contributed by atoms with Crippen molar-refractivity contribution in [1.29, 1.82) is 0 Å². The van der Waals surface area contributed by atoms with Gasteiger partial charge in [-0.15, -0.1) is 0 Å². The molecule has 1 aliphatic rings. The lowest BCUT2D eigenvalue weighted by Crippen LogP contribution is -2.31. The second-order valence-electron chi connectivity index (χ2n) is 5.93. The molecular weight excluding hydrogens is 332 g/mol.